The van der Waals surface area contributed by atoms with Crippen LogP contribution in [0.3, 0.4) is 0 Å². The third kappa shape index (κ3) is 6.19. The molecule has 0 aliphatic heterocycles. The molecule has 0 spiro atoms. The molecule has 0 radical (unpaired) electrons. The fraction of sp³-hybridized carbons (Fsp3) is 0.591. The molecule has 1 N–H and O–H groups in total. The summed E-state index contributed by atoms with van der Waals surface area (Å²) in [6.45, 7) is 6.23. The van der Waals surface area contributed by atoms with Crippen LogP contribution < -0.4 is 5.32 Å². The van der Waals surface area contributed by atoms with E-state index >= 15 is 0 Å². The van der Waals surface area contributed by atoms with Crippen LogP contribution in [0.4, 0.5) is 0 Å². The number of hydrogen-bond acceptors (Lipinski definition) is 4. The fourth-order valence-corrected chi connectivity index (χ4v) is 3.74. The van der Waals surface area contributed by atoms with Gasteiger partial charge >= 0.3 is 5.97 Å². The molecule has 1 fully saturated rings. The molecule has 1 saturated carbocycles. The molecular weight excluding hydrogens is 342 g/mol. The Morgan fingerprint density at radius 1 is 1.07 bits per heavy atom. The van der Waals surface area contributed by atoms with Gasteiger partial charge in [0, 0.05) is 12.3 Å². The molecule has 1 atom stereocenters. The summed E-state index contributed by atoms with van der Waals surface area (Å²) in [6.07, 6.45) is 4.02. The predicted molar refractivity (Wildman–Crippen MR) is 104 cm³/mol. The van der Waals surface area contributed by atoms with Crippen LogP contribution in [-0.2, 0) is 25.5 Å². The molecule has 0 heterocycles. The van der Waals surface area contributed by atoms with E-state index in [0.717, 1.165) is 31.2 Å². The van der Waals surface area contributed by atoms with E-state index in [1.54, 1.807) is 6.92 Å². The molecule has 1 amide bonds. The van der Waals surface area contributed by atoms with E-state index in [2.05, 4.69) is 19.2 Å². The second-order valence-electron chi connectivity index (χ2n) is 7.69. The van der Waals surface area contributed by atoms with Gasteiger partial charge in [0.15, 0.2) is 0 Å². The number of carbonyl (C=O) groups is 3. The molecular formula is C22H31NO4. The first-order chi connectivity index (χ1) is 12.9. The zero-order chi connectivity index (χ0) is 19.8. The number of rotatable bonds is 8. The number of nitrogens with one attached hydrogen (secondary N) is 1. The molecule has 1 aliphatic carbocycles. The quantitative estimate of drug-likeness (QED) is 0.560. The highest BCUT2D eigenvalue weighted by molar-refractivity contribution is 6.36. The Hall–Kier alpha value is -2.17. The molecule has 1 aliphatic rings. The van der Waals surface area contributed by atoms with Gasteiger partial charge in [0.25, 0.3) is 5.78 Å². The minimum atomic E-state index is -0.887. The lowest BCUT2D eigenvalue weighted by molar-refractivity contribution is -0.154. The van der Waals surface area contributed by atoms with Crippen LogP contribution in [0.1, 0.15) is 52.0 Å². The minimum Gasteiger partial charge on any atom is -0.460 e. The summed E-state index contributed by atoms with van der Waals surface area (Å²) in [5, 5.41) is 2.83. The molecule has 0 saturated heterocycles. The maximum atomic E-state index is 12.7. The molecule has 148 valence electrons. The fourth-order valence-electron chi connectivity index (χ4n) is 3.74. The molecule has 5 heteroatoms. The molecule has 1 unspecified atom stereocenters. The van der Waals surface area contributed by atoms with Gasteiger partial charge in [0.2, 0.25) is 5.91 Å². The molecule has 5 nitrogen and oxygen atoms in total. The Labute approximate surface area is 161 Å². The van der Waals surface area contributed by atoms with E-state index < -0.39 is 17.8 Å². The second kappa shape index (κ2) is 10.2. The van der Waals surface area contributed by atoms with E-state index in [1.807, 2.05) is 30.3 Å². The Morgan fingerprint density at radius 3 is 2.26 bits per heavy atom. The van der Waals surface area contributed by atoms with Gasteiger partial charge < -0.3 is 10.1 Å². The average molecular weight is 373 g/mol. The van der Waals surface area contributed by atoms with Gasteiger partial charge in [0.05, 0.1) is 6.61 Å². The number of amides is 1. The van der Waals surface area contributed by atoms with Crippen LogP contribution in [0.5, 0.6) is 0 Å². The van der Waals surface area contributed by atoms with Gasteiger partial charge in [-0.3, -0.25) is 9.59 Å². The summed E-state index contributed by atoms with van der Waals surface area (Å²) in [4.78, 5) is 37.2. The predicted octanol–water partition coefficient (Wildman–Crippen LogP) is 3.31. The topological polar surface area (TPSA) is 72.5 Å². The molecule has 27 heavy (non-hydrogen) atoms. The van der Waals surface area contributed by atoms with Gasteiger partial charge in [-0.1, -0.05) is 44.2 Å². The number of esters is 1. The zero-order valence-electron chi connectivity index (χ0n) is 16.6. The van der Waals surface area contributed by atoms with Crippen molar-refractivity contribution in [3.63, 3.8) is 0 Å². The van der Waals surface area contributed by atoms with Crippen molar-refractivity contribution in [2.24, 2.45) is 17.8 Å². The van der Waals surface area contributed by atoms with Gasteiger partial charge in [-0.15, -0.1) is 0 Å². The van der Waals surface area contributed by atoms with Gasteiger partial charge in [0.1, 0.15) is 6.04 Å². The molecule has 0 aromatic heterocycles. The van der Waals surface area contributed by atoms with Crippen LogP contribution in [0.15, 0.2) is 30.3 Å². The number of Topliss-reactive ketones (excluding diaryl/α,β-unsaturated/α-hetero) is 1. The maximum absolute atomic E-state index is 12.7. The van der Waals surface area contributed by atoms with E-state index in [0.29, 0.717) is 11.8 Å². The van der Waals surface area contributed by atoms with Crippen LogP contribution >= 0.6 is 0 Å². The Morgan fingerprint density at radius 2 is 1.70 bits per heavy atom. The highest BCUT2D eigenvalue weighted by Crippen LogP contribution is 2.33. The van der Waals surface area contributed by atoms with E-state index in [4.69, 9.17) is 4.74 Å². The van der Waals surface area contributed by atoms with Crippen molar-refractivity contribution in [1.82, 2.24) is 5.32 Å². The Balaban J connectivity index is 2.03. The largest absolute Gasteiger partial charge is 0.460 e. The van der Waals surface area contributed by atoms with Crippen molar-refractivity contribution in [2.75, 3.05) is 6.61 Å². The first kappa shape index (κ1) is 21.1. The monoisotopic (exact) mass is 373 g/mol. The highest BCUT2D eigenvalue weighted by atomic mass is 16.5. The van der Waals surface area contributed by atoms with Crippen molar-refractivity contribution in [3.05, 3.63) is 35.9 Å². The summed E-state index contributed by atoms with van der Waals surface area (Å²) in [7, 11) is 0. The van der Waals surface area contributed by atoms with Gasteiger partial charge in [-0.25, -0.2) is 4.79 Å². The molecule has 2 rings (SSSR count). The van der Waals surface area contributed by atoms with Crippen molar-refractivity contribution in [1.29, 1.82) is 0 Å². The lowest BCUT2D eigenvalue weighted by atomic mass is 9.76. The summed E-state index contributed by atoms with van der Waals surface area (Å²) in [5.74, 6) is -0.503. The second-order valence-corrected chi connectivity index (χ2v) is 7.69. The van der Waals surface area contributed by atoms with E-state index in [1.165, 1.54) is 0 Å². The number of ether oxygens (including phenoxy) is 1. The Kier molecular flexibility index (Phi) is 8.01. The summed E-state index contributed by atoms with van der Waals surface area (Å²) in [6, 6.07) is 8.50. The van der Waals surface area contributed by atoms with E-state index in [-0.39, 0.29) is 24.9 Å². The number of carbonyl (C=O) groups excluding carboxylic acids is 3. The van der Waals surface area contributed by atoms with Crippen molar-refractivity contribution >= 4 is 17.7 Å². The maximum Gasteiger partial charge on any atom is 0.376 e. The highest BCUT2D eigenvalue weighted by Gasteiger charge is 2.32. The van der Waals surface area contributed by atoms with Crippen molar-refractivity contribution < 1.29 is 19.1 Å². The van der Waals surface area contributed by atoms with Gasteiger partial charge in [-0.2, -0.15) is 0 Å². The number of ketones is 1. The van der Waals surface area contributed by atoms with Crippen LogP contribution in [0.2, 0.25) is 0 Å². The summed E-state index contributed by atoms with van der Waals surface area (Å²) in [5.41, 5.74) is 0.893. The number of benzene rings is 1. The third-order valence-electron chi connectivity index (χ3n) is 5.48. The summed E-state index contributed by atoms with van der Waals surface area (Å²) >= 11 is 0. The minimum absolute atomic E-state index is 0.0896. The molecule has 1 aromatic rings. The Bertz CT molecular complexity index is 633. The average Bonchev–Trinajstić information content (AvgIpc) is 2.67. The van der Waals surface area contributed by atoms with Crippen molar-refractivity contribution in [3.8, 4) is 0 Å². The first-order valence-electron chi connectivity index (χ1n) is 9.97. The SMILES string of the molecule is CCOC(=O)C(=O)C(Cc1ccccc1)NC(=O)C1CCC(C(C)C)CC1. The lowest BCUT2D eigenvalue weighted by Gasteiger charge is -2.31. The van der Waals surface area contributed by atoms with Gasteiger partial charge in [-0.05, 0) is 50.0 Å². The standard InChI is InChI=1S/C22H31NO4/c1-4-27-22(26)20(24)19(14-16-8-6-5-7-9-16)23-21(25)18-12-10-17(11-13-18)15(2)3/h5-9,15,17-19H,4,10-14H2,1-3H3,(H,23,25). The first-order valence-corrected chi connectivity index (χ1v) is 9.97. The zero-order valence-corrected chi connectivity index (χ0v) is 16.6. The van der Waals surface area contributed by atoms with Crippen LogP contribution in [-0.4, -0.2) is 30.3 Å². The van der Waals surface area contributed by atoms with Crippen LogP contribution in [0, 0.1) is 17.8 Å². The number of hydrogen-bond donors (Lipinski definition) is 1. The molecule has 1 aromatic carbocycles. The van der Waals surface area contributed by atoms with Crippen LogP contribution in [0.25, 0.3) is 0 Å². The lowest BCUT2D eigenvalue weighted by Crippen LogP contribution is -2.48. The summed E-state index contributed by atoms with van der Waals surface area (Å²) < 4.78 is 4.85. The van der Waals surface area contributed by atoms with Crippen molar-refractivity contribution in [2.45, 2.75) is 58.9 Å². The normalized spacial score (nSPS) is 20.7. The third-order valence-corrected chi connectivity index (χ3v) is 5.48. The smallest absolute Gasteiger partial charge is 0.376 e. The van der Waals surface area contributed by atoms with E-state index in [9.17, 15) is 14.4 Å². The molecule has 0 bridgehead atoms.